The van der Waals surface area contributed by atoms with Crippen LogP contribution in [0.5, 0.6) is 0 Å². The molecule has 0 radical (unpaired) electrons. The minimum Gasteiger partial charge on any atom is -0.302 e. The number of nitrogens with one attached hydrogen (secondary N) is 1. The van der Waals surface area contributed by atoms with E-state index in [1.165, 1.54) is 23.5 Å². The molecule has 2 nitrogen and oxygen atoms in total. The van der Waals surface area contributed by atoms with Gasteiger partial charge in [-0.05, 0) is 38.5 Å². The number of halogens is 3. The molecule has 1 heterocycles. The highest BCUT2D eigenvalue weighted by Crippen LogP contribution is 2.31. The van der Waals surface area contributed by atoms with Crippen molar-refractivity contribution >= 4 is 11.3 Å². The summed E-state index contributed by atoms with van der Waals surface area (Å²) in [4.78, 5) is 4.45. The molecule has 1 N–H and O–H groups in total. The molecule has 0 bridgehead atoms. The molecular formula is C15H17F3N2S. The summed E-state index contributed by atoms with van der Waals surface area (Å²) in [6.45, 7) is 5.90. The molecule has 1 atom stereocenters. The molecule has 114 valence electrons. The number of aromatic nitrogens is 1. The number of benzene rings is 1. The van der Waals surface area contributed by atoms with Gasteiger partial charge in [0.2, 0.25) is 0 Å². The van der Waals surface area contributed by atoms with Crippen molar-refractivity contribution in [3.05, 3.63) is 51.5 Å². The van der Waals surface area contributed by atoms with E-state index in [0.29, 0.717) is 0 Å². The molecule has 1 aromatic carbocycles. The number of aryl methyl sites for hydroxylation is 1. The van der Waals surface area contributed by atoms with Crippen LogP contribution in [0.15, 0.2) is 29.6 Å². The number of thiazole rings is 1. The van der Waals surface area contributed by atoms with Crippen LogP contribution in [0.25, 0.3) is 0 Å². The topological polar surface area (TPSA) is 24.9 Å². The molecule has 2 rings (SSSR count). The Morgan fingerprint density at radius 2 is 1.76 bits per heavy atom. The molecule has 1 aromatic heterocycles. The second-order valence-corrected chi connectivity index (χ2v) is 6.09. The molecule has 0 saturated carbocycles. The zero-order valence-electron chi connectivity index (χ0n) is 12.0. The Balaban J connectivity index is 2.33. The molecule has 21 heavy (non-hydrogen) atoms. The third-order valence-corrected chi connectivity index (χ3v) is 3.98. The molecule has 0 aliphatic carbocycles. The molecular weight excluding hydrogens is 297 g/mol. The first-order valence-electron chi connectivity index (χ1n) is 6.62. The number of rotatable bonds is 4. The molecule has 1 unspecified atom stereocenters. The largest absolute Gasteiger partial charge is 0.416 e. The predicted octanol–water partition coefficient (Wildman–Crippen LogP) is 4.56. The van der Waals surface area contributed by atoms with Gasteiger partial charge >= 0.3 is 6.18 Å². The molecule has 0 aliphatic heterocycles. The number of alkyl halides is 3. The van der Waals surface area contributed by atoms with Gasteiger partial charge in [0.15, 0.2) is 0 Å². The number of hydrogen-bond acceptors (Lipinski definition) is 3. The predicted molar refractivity (Wildman–Crippen MR) is 78.4 cm³/mol. The smallest absolute Gasteiger partial charge is 0.302 e. The average molecular weight is 314 g/mol. The lowest BCUT2D eigenvalue weighted by atomic mass is 10.0. The summed E-state index contributed by atoms with van der Waals surface area (Å²) in [6, 6.07) is 5.27. The van der Waals surface area contributed by atoms with Gasteiger partial charge in [0.05, 0.1) is 11.6 Å². The van der Waals surface area contributed by atoms with Crippen LogP contribution in [0.1, 0.15) is 41.7 Å². The Kier molecular flexibility index (Phi) is 4.68. The Labute approximate surface area is 126 Å². The van der Waals surface area contributed by atoms with Gasteiger partial charge in [-0.2, -0.15) is 13.2 Å². The lowest BCUT2D eigenvalue weighted by Gasteiger charge is -2.20. The van der Waals surface area contributed by atoms with Gasteiger partial charge in [-0.25, -0.2) is 4.98 Å². The molecule has 0 spiro atoms. The summed E-state index contributed by atoms with van der Waals surface area (Å²) in [6.07, 6.45) is -4.31. The summed E-state index contributed by atoms with van der Waals surface area (Å²) >= 11 is 1.51. The lowest BCUT2D eigenvalue weighted by molar-refractivity contribution is -0.137. The van der Waals surface area contributed by atoms with Crippen molar-refractivity contribution in [3.63, 3.8) is 0 Å². The van der Waals surface area contributed by atoms with E-state index < -0.39 is 11.7 Å². The van der Waals surface area contributed by atoms with Crippen molar-refractivity contribution in [2.75, 3.05) is 0 Å². The molecule has 0 amide bonds. The SMILES string of the molecule is Cc1csc(C(NC(C)C)c2ccc(C(F)(F)F)cc2)n1. The normalized spacial score (nSPS) is 13.7. The van der Waals surface area contributed by atoms with Crippen LogP contribution >= 0.6 is 11.3 Å². The van der Waals surface area contributed by atoms with Crippen LogP contribution < -0.4 is 5.32 Å². The lowest BCUT2D eigenvalue weighted by Crippen LogP contribution is -2.29. The molecule has 0 fully saturated rings. The number of nitrogens with zero attached hydrogens (tertiary/aromatic N) is 1. The minimum absolute atomic E-state index is 0.189. The third kappa shape index (κ3) is 4.04. The second-order valence-electron chi connectivity index (χ2n) is 5.20. The van der Waals surface area contributed by atoms with Crippen LogP contribution in [0.4, 0.5) is 13.2 Å². The van der Waals surface area contributed by atoms with Crippen molar-refractivity contribution in [2.45, 2.75) is 39.0 Å². The summed E-state index contributed by atoms with van der Waals surface area (Å²) in [5, 5.41) is 6.15. The highest BCUT2D eigenvalue weighted by molar-refractivity contribution is 7.09. The maximum atomic E-state index is 12.6. The van der Waals surface area contributed by atoms with E-state index >= 15 is 0 Å². The Morgan fingerprint density at radius 3 is 2.19 bits per heavy atom. The van der Waals surface area contributed by atoms with Crippen molar-refractivity contribution < 1.29 is 13.2 Å². The van der Waals surface area contributed by atoms with Crippen molar-refractivity contribution in [3.8, 4) is 0 Å². The van der Waals surface area contributed by atoms with Crippen molar-refractivity contribution in [2.24, 2.45) is 0 Å². The van der Waals surface area contributed by atoms with Crippen molar-refractivity contribution in [1.29, 1.82) is 0 Å². The van der Waals surface area contributed by atoms with Crippen molar-refractivity contribution in [1.82, 2.24) is 10.3 Å². The molecule has 2 aromatic rings. The van der Waals surface area contributed by atoms with E-state index in [-0.39, 0.29) is 12.1 Å². The minimum atomic E-state index is -4.31. The van der Waals surface area contributed by atoms with Crippen LogP contribution in [0.3, 0.4) is 0 Å². The van der Waals surface area contributed by atoms with Gasteiger partial charge in [0.1, 0.15) is 5.01 Å². The Bertz CT molecular complexity index is 588. The monoisotopic (exact) mass is 314 g/mol. The first kappa shape index (κ1) is 16.0. The first-order valence-corrected chi connectivity index (χ1v) is 7.50. The fourth-order valence-corrected chi connectivity index (χ4v) is 2.89. The number of hydrogen-bond donors (Lipinski definition) is 1. The van der Waals surface area contributed by atoms with E-state index in [1.807, 2.05) is 26.2 Å². The molecule has 6 heteroatoms. The Hall–Kier alpha value is -1.40. The van der Waals surface area contributed by atoms with E-state index in [0.717, 1.165) is 28.4 Å². The summed E-state index contributed by atoms with van der Waals surface area (Å²) in [7, 11) is 0. The highest BCUT2D eigenvalue weighted by atomic mass is 32.1. The fraction of sp³-hybridized carbons (Fsp3) is 0.400. The fourth-order valence-electron chi connectivity index (χ4n) is 2.01. The van der Waals surface area contributed by atoms with E-state index in [4.69, 9.17) is 0 Å². The average Bonchev–Trinajstić information content (AvgIpc) is 2.81. The Morgan fingerprint density at radius 1 is 1.14 bits per heavy atom. The van der Waals surface area contributed by atoms with Crippen LogP contribution in [0.2, 0.25) is 0 Å². The van der Waals surface area contributed by atoms with Gasteiger partial charge in [-0.3, -0.25) is 0 Å². The molecule has 0 aliphatic rings. The first-order chi connectivity index (χ1) is 9.77. The third-order valence-electron chi connectivity index (χ3n) is 2.96. The van der Waals surface area contributed by atoms with Crippen LogP contribution in [-0.4, -0.2) is 11.0 Å². The standard InChI is InChI=1S/C15H17F3N2S/c1-9(2)19-13(14-20-10(3)8-21-14)11-4-6-12(7-5-11)15(16,17)18/h4-9,13,19H,1-3H3. The maximum absolute atomic E-state index is 12.6. The van der Waals surface area contributed by atoms with Crippen LogP contribution in [-0.2, 0) is 6.18 Å². The van der Waals surface area contributed by atoms with E-state index in [2.05, 4.69) is 10.3 Å². The second kappa shape index (κ2) is 6.15. The highest BCUT2D eigenvalue weighted by Gasteiger charge is 2.30. The molecule has 0 saturated heterocycles. The van der Waals surface area contributed by atoms with Gasteiger partial charge in [-0.1, -0.05) is 12.1 Å². The van der Waals surface area contributed by atoms with Gasteiger partial charge in [-0.15, -0.1) is 11.3 Å². The van der Waals surface area contributed by atoms with Gasteiger partial charge in [0.25, 0.3) is 0 Å². The van der Waals surface area contributed by atoms with Crippen LogP contribution in [0, 0.1) is 6.92 Å². The summed E-state index contributed by atoms with van der Waals surface area (Å²) in [5.74, 6) is 0. The quantitative estimate of drug-likeness (QED) is 0.895. The zero-order chi connectivity index (χ0) is 15.6. The van der Waals surface area contributed by atoms with Gasteiger partial charge in [0, 0.05) is 17.1 Å². The van der Waals surface area contributed by atoms with Gasteiger partial charge < -0.3 is 5.32 Å². The van der Waals surface area contributed by atoms with E-state index in [9.17, 15) is 13.2 Å². The summed E-state index contributed by atoms with van der Waals surface area (Å²) in [5.41, 5.74) is 1.06. The zero-order valence-corrected chi connectivity index (χ0v) is 12.8. The van der Waals surface area contributed by atoms with E-state index in [1.54, 1.807) is 0 Å². The summed E-state index contributed by atoms with van der Waals surface area (Å²) < 4.78 is 37.9. The maximum Gasteiger partial charge on any atom is 0.416 e.